The van der Waals surface area contributed by atoms with Crippen molar-refractivity contribution in [3.05, 3.63) is 20.8 Å². The third kappa shape index (κ3) is 2.66. The molecular formula is C11H11BrF3NO2S. The van der Waals surface area contributed by atoms with E-state index < -0.39 is 30.5 Å². The number of nitrogens with zero attached hydrogens (tertiary/aromatic N) is 1. The number of aliphatic carboxylic acids is 1. The Labute approximate surface area is 120 Å². The molecule has 1 aliphatic rings. The van der Waals surface area contributed by atoms with Crippen molar-refractivity contribution in [2.75, 3.05) is 13.1 Å². The van der Waals surface area contributed by atoms with E-state index in [-0.39, 0.29) is 6.54 Å². The Morgan fingerprint density at radius 3 is 2.68 bits per heavy atom. The van der Waals surface area contributed by atoms with Crippen molar-refractivity contribution in [1.82, 2.24) is 4.90 Å². The average Bonchev–Trinajstić information content (AvgIpc) is 2.87. The second-order valence-electron chi connectivity index (χ2n) is 4.54. The lowest BCUT2D eigenvalue weighted by Gasteiger charge is -2.27. The number of carboxylic acids is 1. The minimum absolute atomic E-state index is 0.135. The number of hydrogen-bond donors (Lipinski definition) is 1. The lowest BCUT2D eigenvalue weighted by Crippen LogP contribution is -2.47. The smallest absolute Gasteiger partial charge is 0.406 e. The summed E-state index contributed by atoms with van der Waals surface area (Å²) in [6.07, 6.45) is -5.12. The van der Waals surface area contributed by atoms with Crippen molar-refractivity contribution in [3.8, 4) is 0 Å². The molecular weight excluding hydrogens is 347 g/mol. The highest BCUT2D eigenvalue weighted by molar-refractivity contribution is 9.10. The van der Waals surface area contributed by atoms with Crippen molar-refractivity contribution in [3.63, 3.8) is 0 Å². The molecule has 2 heterocycles. The fraction of sp³-hybridized carbons (Fsp3) is 0.545. The zero-order chi connectivity index (χ0) is 14.3. The van der Waals surface area contributed by atoms with Crippen LogP contribution in [0.2, 0.25) is 0 Å². The molecule has 19 heavy (non-hydrogen) atoms. The van der Waals surface area contributed by atoms with Gasteiger partial charge < -0.3 is 5.11 Å². The number of carbonyl (C=O) groups is 1. The summed E-state index contributed by atoms with van der Waals surface area (Å²) in [6, 6.07) is 1.82. The minimum atomic E-state index is -4.72. The van der Waals surface area contributed by atoms with E-state index in [0.29, 0.717) is 6.54 Å². The molecule has 3 nitrogen and oxygen atoms in total. The molecule has 0 amide bonds. The van der Waals surface area contributed by atoms with Crippen LogP contribution in [0.15, 0.2) is 15.9 Å². The highest BCUT2D eigenvalue weighted by atomic mass is 79.9. The number of carboxylic acid groups (broad SMARTS) is 1. The van der Waals surface area contributed by atoms with Crippen molar-refractivity contribution in [2.24, 2.45) is 5.41 Å². The molecule has 1 unspecified atom stereocenters. The first-order valence-corrected chi connectivity index (χ1v) is 7.18. The van der Waals surface area contributed by atoms with Gasteiger partial charge in [-0.3, -0.25) is 9.69 Å². The monoisotopic (exact) mass is 357 g/mol. The normalized spacial score (nSPS) is 24.8. The van der Waals surface area contributed by atoms with Gasteiger partial charge in [-0.1, -0.05) is 0 Å². The van der Waals surface area contributed by atoms with Crippen LogP contribution in [0.5, 0.6) is 0 Å². The summed E-state index contributed by atoms with van der Waals surface area (Å²) >= 11 is 4.75. The third-order valence-electron chi connectivity index (χ3n) is 3.36. The molecule has 1 aromatic heterocycles. The molecule has 1 saturated heterocycles. The Morgan fingerprint density at radius 1 is 1.58 bits per heavy atom. The van der Waals surface area contributed by atoms with E-state index >= 15 is 0 Å². The van der Waals surface area contributed by atoms with E-state index in [1.54, 1.807) is 0 Å². The Hall–Kier alpha value is -0.600. The van der Waals surface area contributed by atoms with Crippen LogP contribution in [0.25, 0.3) is 0 Å². The topological polar surface area (TPSA) is 40.5 Å². The van der Waals surface area contributed by atoms with E-state index in [4.69, 9.17) is 5.11 Å². The van der Waals surface area contributed by atoms with Crippen molar-refractivity contribution < 1.29 is 23.1 Å². The summed E-state index contributed by atoms with van der Waals surface area (Å²) in [4.78, 5) is 13.5. The van der Waals surface area contributed by atoms with Gasteiger partial charge in [-0.05, 0) is 33.8 Å². The lowest BCUT2D eigenvalue weighted by atomic mass is 9.86. The Morgan fingerprint density at radius 2 is 2.26 bits per heavy atom. The number of hydrogen-bond acceptors (Lipinski definition) is 3. The predicted molar refractivity (Wildman–Crippen MR) is 68.0 cm³/mol. The zero-order valence-electron chi connectivity index (χ0n) is 9.71. The summed E-state index contributed by atoms with van der Waals surface area (Å²) in [5.41, 5.74) is -2.63. The van der Waals surface area contributed by atoms with Gasteiger partial charge in [0.2, 0.25) is 0 Å². The molecule has 0 radical (unpaired) electrons. The summed E-state index contributed by atoms with van der Waals surface area (Å²) in [6.45, 7) is -0.0182. The molecule has 1 aliphatic heterocycles. The fourth-order valence-corrected chi connectivity index (χ4v) is 3.71. The number of halogens is 4. The highest BCUT2D eigenvalue weighted by Gasteiger charge is 2.63. The van der Waals surface area contributed by atoms with Crippen LogP contribution in [0.4, 0.5) is 13.2 Å². The maximum absolute atomic E-state index is 13.0. The van der Waals surface area contributed by atoms with Crippen LogP contribution in [0.3, 0.4) is 0 Å². The molecule has 0 saturated carbocycles. The van der Waals surface area contributed by atoms with Crippen molar-refractivity contribution in [1.29, 1.82) is 0 Å². The summed E-state index contributed by atoms with van der Waals surface area (Å²) in [7, 11) is 0. The molecule has 1 aromatic rings. The first-order valence-electron chi connectivity index (χ1n) is 5.50. The van der Waals surface area contributed by atoms with Crippen LogP contribution >= 0.6 is 27.3 Å². The Bertz CT molecular complexity index is 491. The molecule has 1 N–H and O–H groups in total. The van der Waals surface area contributed by atoms with Gasteiger partial charge in [0.1, 0.15) is 0 Å². The van der Waals surface area contributed by atoms with E-state index in [1.165, 1.54) is 16.2 Å². The largest absolute Gasteiger partial charge is 0.481 e. The van der Waals surface area contributed by atoms with Gasteiger partial charge in [0, 0.05) is 29.0 Å². The summed E-state index contributed by atoms with van der Waals surface area (Å²) in [5, 5.41) is 10.8. The average molecular weight is 358 g/mol. The SMILES string of the molecule is O=C(O)C1(C(F)(F)F)CCN(Cc2sccc2Br)C1. The molecule has 106 valence electrons. The van der Waals surface area contributed by atoms with Gasteiger partial charge in [-0.25, -0.2) is 0 Å². The second kappa shape index (κ2) is 5.06. The van der Waals surface area contributed by atoms with Crippen molar-refractivity contribution in [2.45, 2.75) is 19.1 Å². The van der Waals surface area contributed by atoms with E-state index in [1.807, 2.05) is 11.4 Å². The first kappa shape index (κ1) is 14.8. The van der Waals surface area contributed by atoms with Crippen LogP contribution in [0, 0.1) is 5.41 Å². The van der Waals surface area contributed by atoms with Gasteiger partial charge in [-0.2, -0.15) is 13.2 Å². The van der Waals surface area contributed by atoms with Crippen LogP contribution in [-0.4, -0.2) is 35.2 Å². The van der Waals surface area contributed by atoms with E-state index in [0.717, 1.165) is 9.35 Å². The van der Waals surface area contributed by atoms with Crippen molar-refractivity contribution >= 4 is 33.2 Å². The highest BCUT2D eigenvalue weighted by Crippen LogP contribution is 2.46. The molecule has 0 spiro atoms. The third-order valence-corrected chi connectivity index (χ3v) is 5.27. The predicted octanol–water partition coefficient (Wildman–Crippen LogP) is 3.35. The maximum Gasteiger partial charge on any atom is 0.406 e. The van der Waals surface area contributed by atoms with Gasteiger partial charge in [0.25, 0.3) is 0 Å². The zero-order valence-corrected chi connectivity index (χ0v) is 12.1. The van der Waals surface area contributed by atoms with E-state index in [2.05, 4.69) is 15.9 Å². The first-order chi connectivity index (χ1) is 8.76. The van der Waals surface area contributed by atoms with Gasteiger partial charge >= 0.3 is 12.1 Å². The van der Waals surface area contributed by atoms with Gasteiger partial charge in [-0.15, -0.1) is 11.3 Å². The molecule has 0 aromatic carbocycles. The molecule has 0 aliphatic carbocycles. The van der Waals surface area contributed by atoms with Gasteiger partial charge in [0.15, 0.2) is 5.41 Å². The summed E-state index contributed by atoms with van der Waals surface area (Å²) < 4.78 is 39.8. The second-order valence-corrected chi connectivity index (χ2v) is 6.39. The molecule has 1 atom stereocenters. The molecule has 8 heteroatoms. The standard InChI is InChI=1S/C11H11BrF3NO2S/c12-7-1-4-19-8(7)5-16-3-2-10(6-16,9(17)18)11(13,14)15/h1,4H,2-3,5-6H2,(H,17,18). The quantitative estimate of drug-likeness (QED) is 0.901. The summed E-state index contributed by atoms with van der Waals surface area (Å²) in [5.74, 6) is -1.78. The fourth-order valence-electron chi connectivity index (χ4n) is 2.19. The van der Waals surface area contributed by atoms with Crippen LogP contribution in [-0.2, 0) is 11.3 Å². The number of likely N-dealkylation sites (tertiary alicyclic amines) is 1. The molecule has 0 bridgehead atoms. The minimum Gasteiger partial charge on any atom is -0.481 e. The van der Waals surface area contributed by atoms with E-state index in [9.17, 15) is 18.0 Å². The molecule has 2 rings (SSSR count). The van der Waals surface area contributed by atoms with Crippen LogP contribution < -0.4 is 0 Å². The van der Waals surface area contributed by atoms with Crippen LogP contribution in [0.1, 0.15) is 11.3 Å². The maximum atomic E-state index is 13.0. The lowest BCUT2D eigenvalue weighted by molar-refractivity contribution is -0.227. The Kier molecular flexibility index (Phi) is 3.95. The van der Waals surface area contributed by atoms with Gasteiger partial charge in [0.05, 0.1) is 0 Å². The number of alkyl halides is 3. The number of thiophene rings is 1. The Balaban J connectivity index is 2.14. The number of rotatable bonds is 3. The molecule has 1 fully saturated rings.